The van der Waals surface area contributed by atoms with Gasteiger partial charge >= 0.3 is 7.12 Å². The van der Waals surface area contributed by atoms with Gasteiger partial charge in [-0.3, -0.25) is 0 Å². The maximum atomic E-state index is 8.99. The minimum absolute atomic E-state index is 0.479. The lowest BCUT2D eigenvalue weighted by molar-refractivity contribution is 0.279. The maximum absolute atomic E-state index is 8.99. The molecule has 0 fully saturated rings. The molecule has 0 aliphatic rings. The third-order valence-electron chi connectivity index (χ3n) is 3.27. The summed E-state index contributed by atoms with van der Waals surface area (Å²) in [6.45, 7) is 7.19. The van der Waals surface area contributed by atoms with E-state index in [0.29, 0.717) is 18.0 Å². The Hall–Kier alpha value is -1.26. The summed E-state index contributed by atoms with van der Waals surface area (Å²) in [5.74, 6) is 1.41. The minimum atomic E-state index is -1.42. The largest absolute Gasteiger partial charge is 0.494 e. The van der Waals surface area contributed by atoms with Gasteiger partial charge in [0.15, 0.2) is 0 Å². The average molecular weight is 276 g/mol. The van der Waals surface area contributed by atoms with E-state index in [-0.39, 0.29) is 0 Å². The number of rotatable bonds is 8. The van der Waals surface area contributed by atoms with Gasteiger partial charge < -0.3 is 14.8 Å². The van der Waals surface area contributed by atoms with Crippen molar-refractivity contribution in [2.45, 2.75) is 40.0 Å². The van der Waals surface area contributed by atoms with E-state index in [1.165, 1.54) is 12.0 Å². The lowest BCUT2D eigenvalue weighted by atomic mass is 9.80. The number of allylic oxidation sites excluding steroid dienone is 2. The molecule has 0 aromatic heterocycles. The van der Waals surface area contributed by atoms with Crippen LogP contribution < -0.4 is 10.2 Å². The van der Waals surface area contributed by atoms with Gasteiger partial charge in [0.25, 0.3) is 0 Å². The molecule has 0 aliphatic heterocycles. The zero-order valence-electron chi connectivity index (χ0n) is 12.7. The van der Waals surface area contributed by atoms with Gasteiger partial charge in [0.1, 0.15) is 5.75 Å². The van der Waals surface area contributed by atoms with Crippen molar-refractivity contribution in [2.75, 3.05) is 6.61 Å². The van der Waals surface area contributed by atoms with Gasteiger partial charge in [0, 0.05) is 0 Å². The van der Waals surface area contributed by atoms with Crippen molar-refractivity contribution in [3.63, 3.8) is 0 Å². The smallest absolute Gasteiger partial charge is 0.488 e. The van der Waals surface area contributed by atoms with E-state index in [1.54, 1.807) is 24.3 Å². The van der Waals surface area contributed by atoms with Crippen LogP contribution in [0.5, 0.6) is 5.75 Å². The molecule has 0 radical (unpaired) electrons. The summed E-state index contributed by atoms with van der Waals surface area (Å²) >= 11 is 0. The van der Waals surface area contributed by atoms with E-state index < -0.39 is 7.12 Å². The van der Waals surface area contributed by atoms with Crippen molar-refractivity contribution in [3.8, 4) is 5.75 Å². The standard InChI is InChI=1S/C16H25BO3/c1-13(2)5-4-6-14(3)11-12-20-16-9-7-15(8-10-16)17(18)19/h5,7-10,14,18-19H,4,6,11-12H2,1-3H3. The van der Waals surface area contributed by atoms with Crippen LogP contribution in [0.1, 0.15) is 40.0 Å². The summed E-state index contributed by atoms with van der Waals surface area (Å²) in [4.78, 5) is 0. The highest BCUT2D eigenvalue weighted by Gasteiger charge is 2.10. The zero-order valence-corrected chi connectivity index (χ0v) is 12.7. The second-order valence-electron chi connectivity index (χ2n) is 5.54. The Morgan fingerprint density at radius 2 is 1.85 bits per heavy atom. The molecule has 0 saturated carbocycles. The first-order valence-electron chi connectivity index (χ1n) is 7.21. The first-order valence-corrected chi connectivity index (χ1v) is 7.21. The summed E-state index contributed by atoms with van der Waals surface area (Å²) in [5, 5.41) is 18.0. The van der Waals surface area contributed by atoms with Gasteiger partial charge in [-0.2, -0.15) is 0 Å². The first-order chi connectivity index (χ1) is 9.49. The topological polar surface area (TPSA) is 49.7 Å². The first kappa shape index (κ1) is 16.8. The molecule has 0 amide bonds. The third-order valence-corrected chi connectivity index (χ3v) is 3.27. The maximum Gasteiger partial charge on any atom is 0.488 e. The van der Waals surface area contributed by atoms with Gasteiger partial charge in [-0.1, -0.05) is 30.7 Å². The van der Waals surface area contributed by atoms with Crippen molar-refractivity contribution in [3.05, 3.63) is 35.9 Å². The van der Waals surface area contributed by atoms with Crippen LogP contribution in [-0.4, -0.2) is 23.8 Å². The van der Waals surface area contributed by atoms with E-state index in [4.69, 9.17) is 14.8 Å². The third kappa shape index (κ3) is 6.78. The van der Waals surface area contributed by atoms with Crippen LogP contribution in [0.3, 0.4) is 0 Å². The molecular weight excluding hydrogens is 251 g/mol. The fourth-order valence-electron chi connectivity index (χ4n) is 1.92. The molecule has 2 N–H and O–H groups in total. The molecule has 1 aromatic carbocycles. The Kier molecular flexibility index (Phi) is 7.41. The highest BCUT2D eigenvalue weighted by Crippen LogP contribution is 2.14. The molecule has 0 spiro atoms. The number of hydrogen-bond acceptors (Lipinski definition) is 3. The minimum Gasteiger partial charge on any atom is -0.494 e. The normalized spacial score (nSPS) is 11.8. The molecule has 4 heteroatoms. The van der Waals surface area contributed by atoms with Gasteiger partial charge in [0.2, 0.25) is 0 Å². The van der Waals surface area contributed by atoms with Gasteiger partial charge in [0.05, 0.1) is 6.61 Å². The van der Waals surface area contributed by atoms with Crippen molar-refractivity contribution < 1.29 is 14.8 Å². The Morgan fingerprint density at radius 1 is 1.20 bits per heavy atom. The molecule has 1 aromatic rings. The summed E-state index contributed by atoms with van der Waals surface area (Å²) in [5.41, 5.74) is 1.85. The molecular formula is C16H25BO3. The zero-order chi connectivity index (χ0) is 15.0. The molecule has 20 heavy (non-hydrogen) atoms. The van der Waals surface area contributed by atoms with Gasteiger partial charge in [-0.25, -0.2) is 0 Å². The summed E-state index contributed by atoms with van der Waals surface area (Å²) in [7, 11) is -1.42. The van der Waals surface area contributed by atoms with Crippen molar-refractivity contribution in [1.82, 2.24) is 0 Å². The number of hydrogen-bond donors (Lipinski definition) is 2. The van der Waals surface area contributed by atoms with Gasteiger partial charge in [-0.15, -0.1) is 0 Å². The highest BCUT2D eigenvalue weighted by molar-refractivity contribution is 6.58. The van der Waals surface area contributed by atoms with Crippen LogP contribution in [0.2, 0.25) is 0 Å². The van der Waals surface area contributed by atoms with Crippen LogP contribution in [0, 0.1) is 5.92 Å². The number of benzene rings is 1. The fraction of sp³-hybridized carbons (Fsp3) is 0.500. The lowest BCUT2D eigenvalue weighted by Crippen LogP contribution is -2.29. The quantitative estimate of drug-likeness (QED) is 0.566. The number of ether oxygens (including phenoxy) is 1. The molecule has 0 aliphatic carbocycles. The predicted octanol–water partition coefficient (Wildman–Crippen LogP) is 2.52. The fourth-order valence-corrected chi connectivity index (χ4v) is 1.92. The van der Waals surface area contributed by atoms with E-state index in [9.17, 15) is 0 Å². The van der Waals surface area contributed by atoms with Crippen LogP contribution >= 0.6 is 0 Å². The molecule has 110 valence electrons. The van der Waals surface area contributed by atoms with Crippen LogP contribution in [0.25, 0.3) is 0 Å². The molecule has 0 saturated heterocycles. The molecule has 1 rings (SSSR count). The Bertz CT molecular complexity index is 408. The van der Waals surface area contributed by atoms with E-state index >= 15 is 0 Å². The van der Waals surface area contributed by atoms with E-state index in [0.717, 1.165) is 18.6 Å². The molecule has 1 atom stereocenters. The van der Waals surface area contributed by atoms with E-state index in [2.05, 4.69) is 26.8 Å². The van der Waals surface area contributed by atoms with Crippen molar-refractivity contribution >= 4 is 12.6 Å². The summed E-state index contributed by atoms with van der Waals surface area (Å²) in [6, 6.07) is 6.86. The second kappa shape index (κ2) is 8.82. The molecule has 1 unspecified atom stereocenters. The Labute approximate surface area is 122 Å². The van der Waals surface area contributed by atoms with Crippen LogP contribution in [0.15, 0.2) is 35.9 Å². The van der Waals surface area contributed by atoms with E-state index in [1.807, 2.05) is 0 Å². The van der Waals surface area contributed by atoms with Crippen molar-refractivity contribution in [2.24, 2.45) is 5.92 Å². The molecule has 0 heterocycles. The van der Waals surface area contributed by atoms with Crippen LogP contribution in [0.4, 0.5) is 0 Å². The Balaban J connectivity index is 2.24. The average Bonchev–Trinajstić information content (AvgIpc) is 2.39. The molecule has 0 bridgehead atoms. The lowest BCUT2D eigenvalue weighted by Gasteiger charge is -2.12. The second-order valence-corrected chi connectivity index (χ2v) is 5.54. The van der Waals surface area contributed by atoms with Gasteiger partial charge in [-0.05, 0) is 56.6 Å². The summed E-state index contributed by atoms with van der Waals surface area (Å²) < 4.78 is 5.66. The van der Waals surface area contributed by atoms with Crippen molar-refractivity contribution in [1.29, 1.82) is 0 Å². The monoisotopic (exact) mass is 276 g/mol. The summed E-state index contributed by atoms with van der Waals surface area (Å²) in [6.07, 6.45) is 5.62. The molecule has 3 nitrogen and oxygen atoms in total. The predicted molar refractivity (Wildman–Crippen MR) is 84.2 cm³/mol. The van der Waals surface area contributed by atoms with Crippen LogP contribution in [-0.2, 0) is 0 Å². The highest BCUT2D eigenvalue weighted by atomic mass is 16.5. The SMILES string of the molecule is CC(C)=CCCC(C)CCOc1ccc(B(O)O)cc1. The Morgan fingerprint density at radius 3 is 2.40 bits per heavy atom.